The van der Waals surface area contributed by atoms with Crippen molar-refractivity contribution in [1.29, 1.82) is 0 Å². The molecule has 164 valence electrons. The van der Waals surface area contributed by atoms with Crippen LogP contribution in [0.15, 0.2) is 53.3 Å². The standard InChI is InChI=1S/C25H29NO5/c1-16(2)14-26-21(24(29)31-25(3,4)5)22(27)20-13-18(11-12-19(20)23(26)28)30-15-17-9-7-6-8-10-17/h6-13,16,27H,14-15H2,1-5H3. The van der Waals surface area contributed by atoms with Crippen LogP contribution in [0.5, 0.6) is 11.5 Å². The van der Waals surface area contributed by atoms with Gasteiger partial charge in [0, 0.05) is 11.9 Å². The summed E-state index contributed by atoms with van der Waals surface area (Å²) in [5, 5.41) is 11.6. The minimum absolute atomic E-state index is 0.0872. The Hall–Kier alpha value is -3.28. The topological polar surface area (TPSA) is 77.8 Å². The zero-order valence-electron chi connectivity index (χ0n) is 18.6. The molecule has 0 atom stereocenters. The molecule has 0 spiro atoms. The van der Waals surface area contributed by atoms with Gasteiger partial charge in [-0.1, -0.05) is 44.2 Å². The molecule has 0 aliphatic carbocycles. The summed E-state index contributed by atoms with van der Waals surface area (Å²) in [7, 11) is 0. The maximum absolute atomic E-state index is 13.2. The van der Waals surface area contributed by atoms with Gasteiger partial charge in [0.1, 0.15) is 18.0 Å². The highest BCUT2D eigenvalue weighted by molar-refractivity contribution is 5.99. The van der Waals surface area contributed by atoms with Gasteiger partial charge < -0.3 is 14.6 Å². The summed E-state index contributed by atoms with van der Waals surface area (Å²) in [6.07, 6.45) is 0. The van der Waals surface area contributed by atoms with Crippen molar-refractivity contribution in [1.82, 2.24) is 4.57 Å². The van der Waals surface area contributed by atoms with Gasteiger partial charge in [-0.25, -0.2) is 4.79 Å². The highest BCUT2D eigenvalue weighted by atomic mass is 16.6. The van der Waals surface area contributed by atoms with E-state index in [4.69, 9.17) is 9.47 Å². The van der Waals surface area contributed by atoms with Gasteiger partial charge >= 0.3 is 5.97 Å². The predicted molar refractivity (Wildman–Crippen MR) is 121 cm³/mol. The molecular weight excluding hydrogens is 394 g/mol. The number of pyridine rings is 1. The van der Waals surface area contributed by atoms with E-state index in [0.717, 1.165) is 5.56 Å². The Morgan fingerprint density at radius 3 is 2.35 bits per heavy atom. The Morgan fingerprint density at radius 2 is 1.74 bits per heavy atom. The number of aromatic nitrogens is 1. The Bertz CT molecular complexity index is 1140. The van der Waals surface area contributed by atoms with Crippen molar-refractivity contribution in [2.75, 3.05) is 0 Å². The zero-order valence-corrected chi connectivity index (χ0v) is 18.6. The van der Waals surface area contributed by atoms with Gasteiger partial charge in [0.2, 0.25) is 0 Å². The first kappa shape index (κ1) is 22.4. The molecule has 31 heavy (non-hydrogen) atoms. The molecule has 0 fully saturated rings. The number of rotatable bonds is 6. The van der Waals surface area contributed by atoms with Crippen LogP contribution in [0.25, 0.3) is 10.8 Å². The second-order valence-electron chi connectivity index (χ2n) is 8.99. The SMILES string of the molecule is CC(C)Cn1c(C(=O)OC(C)(C)C)c(O)c2cc(OCc3ccccc3)ccc2c1=O. The van der Waals surface area contributed by atoms with E-state index in [1.807, 2.05) is 44.2 Å². The van der Waals surface area contributed by atoms with Crippen molar-refractivity contribution in [3.8, 4) is 11.5 Å². The minimum Gasteiger partial charge on any atom is -0.505 e. The molecule has 3 aromatic rings. The van der Waals surface area contributed by atoms with Gasteiger partial charge in [-0.3, -0.25) is 9.36 Å². The first-order chi connectivity index (χ1) is 14.6. The van der Waals surface area contributed by atoms with Gasteiger partial charge in [-0.2, -0.15) is 0 Å². The van der Waals surface area contributed by atoms with Gasteiger partial charge in [-0.05, 0) is 50.5 Å². The molecule has 0 saturated carbocycles. The molecule has 1 heterocycles. The van der Waals surface area contributed by atoms with Crippen LogP contribution in [0.1, 0.15) is 50.7 Å². The summed E-state index contributed by atoms with van der Waals surface area (Å²) >= 11 is 0. The summed E-state index contributed by atoms with van der Waals surface area (Å²) in [6.45, 7) is 9.72. The molecule has 6 nitrogen and oxygen atoms in total. The fourth-order valence-electron chi connectivity index (χ4n) is 3.31. The molecule has 0 aliphatic rings. The molecule has 0 unspecified atom stereocenters. The molecule has 1 N–H and O–H groups in total. The van der Waals surface area contributed by atoms with Crippen molar-refractivity contribution >= 4 is 16.7 Å². The lowest BCUT2D eigenvalue weighted by Gasteiger charge is -2.23. The van der Waals surface area contributed by atoms with Crippen molar-refractivity contribution in [3.63, 3.8) is 0 Å². The molecule has 2 aromatic carbocycles. The first-order valence-electron chi connectivity index (χ1n) is 10.4. The molecule has 0 radical (unpaired) electrons. The van der Waals surface area contributed by atoms with E-state index in [1.165, 1.54) is 4.57 Å². The Balaban J connectivity index is 2.09. The third kappa shape index (κ3) is 5.26. The van der Waals surface area contributed by atoms with Crippen LogP contribution in [-0.2, 0) is 17.9 Å². The van der Waals surface area contributed by atoms with E-state index in [1.54, 1.807) is 39.0 Å². The Kier molecular flexibility index (Phi) is 6.39. The average molecular weight is 424 g/mol. The number of hydrogen-bond donors (Lipinski definition) is 1. The second-order valence-corrected chi connectivity index (χ2v) is 8.99. The number of ether oxygens (including phenoxy) is 2. The fraction of sp³-hybridized carbons (Fsp3) is 0.360. The number of benzene rings is 2. The van der Waals surface area contributed by atoms with E-state index in [-0.39, 0.29) is 34.9 Å². The van der Waals surface area contributed by atoms with Crippen molar-refractivity contribution in [3.05, 3.63) is 70.1 Å². The van der Waals surface area contributed by atoms with Crippen molar-refractivity contribution in [2.24, 2.45) is 5.92 Å². The maximum Gasteiger partial charge on any atom is 0.359 e. The highest BCUT2D eigenvalue weighted by Crippen LogP contribution is 2.31. The molecule has 0 saturated heterocycles. The lowest BCUT2D eigenvalue weighted by atomic mass is 10.1. The lowest BCUT2D eigenvalue weighted by molar-refractivity contribution is 0.00524. The summed E-state index contributed by atoms with van der Waals surface area (Å²) in [4.78, 5) is 26.1. The van der Waals surface area contributed by atoms with E-state index in [2.05, 4.69) is 0 Å². The zero-order chi connectivity index (χ0) is 22.8. The van der Waals surface area contributed by atoms with Gasteiger partial charge in [0.25, 0.3) is 5.56 Å². The van der Waals surface area contributed by atoms with Crippen LogP contribution < -0.4 is 10.3 Å². The van der Waals surface area contributed by atoms with Gasteiger partial charge in [-0.15, -0.1) is 0 Å². The monoisotopic (exact) mass is 423 g/mol. The summed E-state index contributed by atoms with van der Waals surface area (Å²) in [5.41, 5.74) is -0.260. The van der Waals surface area contributed by atoms with E-state index >= 15 is 0 Å². The number of esters is 1. The molecule has 0 amide bonds. The molecule has 1 aromatic heterocycles. The fourth-order valence-corrected chi connectivity index (χ4v) is 3.31. The van der Waals surface area contributed by atoms with Crippen LogP contribution in [0.2, 0.25) is 0 Å². The van der Waals surface area contributed by atoms with Crippen LogP contribution in [0, 0.1) is 5.92 Å². The average Bonchev–Trinajstić information content (AvgIpc) is 2.69. The molecule has 0 bridgehead atoms. The van der Waals surface area contributed by atoms with E-state index in [0.29, 0.717) is 17.7 Å². The van der Waals surface area contributed by atoms with Crippen LogP contribution in [0.3, 0.4) is 0 Å². The maximum atomic E-state index is 13.2. The van der Waals surface area contributed by atoms with Crippen LogP contribution in [0.4, 0.5) is 0 Å². The first-order valence-corrected chi connectivity index (χ1v) is 10.4. The second kappa shape index (κ2) is 8.84. The highest BCUT2D eigenvalue weighted by Gasteiger charge is 2.27. The smallest absolute Gasteiger partial charge is 0.359 e. The molecule has 3 rings (SSSR count). The van der Waals surface area contributed by atoms with Crippen LogP contribution >= 0.6 is 0 Å². The lowest BCUT2D eigenvalue weighted by Crippen LogP contribution is -2.32. The number of nitrogens with zero attached hydrogens (tertiary/aromatic N) is 1. The summed E-state index contributed by atoms with van der Waals surface area (Å²) in [6, 6.07) is 14.6. The normalized spacial score (nSPS) is 11.7. The van der Waals surface area contributed by atoms with Gasteiger partial charge in [0.05, 0.1) is 5.39 Å². The van der Waals surface area contributed by atoms with E-state index < -0.39 is 11.6 Å². The summed E-state index contributed by atoms with van der Waals surface area (Å²) in [5.74, 6) is -0.443. The number of carbonyl (C=O) groups is 1. The molecule has 0 aliphatic heterocycles. The van der Waals surface area contributed by atoms with Crippen molar-refractivity contribution < 1.29 is 19.4 Å². The number of carbonyl (C=O) groups excluding carboxylic acids is 1. The largest absolute Gasteiger partial charge is 0.505 e. The third-order valence-electron chi connectivity index (χ3n) is 4.60. The van der Waals surface area contributed by atoms with Gasteiger partial charge in [0.15, 0.2) is 11.4 Å². The number of fused-ring (bicyclic) bond motifs is 1. The van der Waals surface area contributed by atoms with Crippen molar-refractivity contribution in [2.45, 2.75) is 53.4 Å². The minimum atomic E-state index is -0.766. The van der Waals surface area contributed by atoms with E-state index in [9.17, 15) is 14.7 Å². The number of hydrogen-bond acceptors (Lipinski definition) is 5. The third-order valence-corrected chi connectivity index (χ3v) is 4.60. The predicted octanol–water partition coefficient (Wildman–Crippen LogP) is 4.90. The molecule has 6 heteroatoms. The quantitative estimate of drug-likeness (QED) is 0.571. The summed E-state index contributed by atoms with van der Waals surface area (Å²) < 4.78 is 12.6. The Morgan fingerprint density at radius 1 is 1.06 bits per heavy atom. The molecular formula is C25H29NO5. The van der Waals surface area contributed by atoms with Crippen LogP contribution in [-0.4, -0.2) is 21.2 Å². The Labute approximate surface area is 182 Å². The number of aromatic hydroxyl groups is 1.